The highest BCUT2D eigenvalue weighted by Crippen LogP contribution is 2.39. The van der Waals surface area contributed by atoms with Gasteiger partial charge in [0, 0.05) is 12.7 Å². The molecule has 0 saturated heterocycles. The lowest BCUT2D eigenvalue weighted by Crippen LogP contribution is -2.48. The second kappa shape index (κ2) is 9.06. The molecule has 9 heteroatoms. The first-order valence-corrected chi connectivity index (χ1v) is 12.0. The number of likely N-dealkylation sites (N-methyl/N-ethyl adjacent to an activating group) is 1. The van der Waals surface area contributed by atoms with Gasteiger partial charge in [-0.2, -0.15) is 0 Å². The summed E-state index contributed by atoms with van der Waals surface area (Å²) >= 11 is 13.6. The van der Waals surface area contributed by atoms with Crippen LogP contribution in [0, 0.1) is 5.92 Å². The maximum absolute atomic E-state index is 12.9. The SMILES string of the molecule is CC(C)[C@H](O)C(=O)N(C)[C@@H]1c2ccccc2C[C@H]1NC(=O)Cc1cc2sc(Cl)c(Cl)c2[nH]1. The van der Waals surface area contributed by atoms with Crippen molar-refractivity contribution in [1.29, 1.82) is 0 Å². The Morgan fingerprint density at radius 2 is 2.03 bits per heavy atom. The molecule has 0 radical (unpaired) electrons. The summed E-state index contributed by atoms with van der Waals surface area (Å²) < 4.78 is 1.42. The van der Waals surface area contributed by atoms with Crippen LogP contribution in [0.1, 0.15) is 36.7 Å². The second-order valence-electron chi connectivity index (χ2n) is 8.56. The first-order chi connectivity index (χ1) is 15.2. The molecule has 2 amide bonds. The third-order valence-corrected chi connectivity index (χ3v) is 7.90. The lowest BCUT2D eigenvalue weighted by Gasteiger charge is -2.33. The van der Waals surface area contributed by atoms with Crippen molar-refractivity contribution in [3.8, 4) is 0 Å². The van der Waals surface area contributed by atoms with Crippen LogP contribution < -0.4 is 5.32 Å². The predicted molar refractivity (Wildman–Crippen MR) is 128 cm³/mol. The lowest BCUT2D eigenvalue weighted by atomic mass is 10.0. The maximum Gasteiger partial charge on any atom is 0.252 e. The fourth-order valence-electron chi connectivity index (χ4n) is 4.31. The van der Waals surface area contributed by atoms with Crippen LogP contribution in [-0.4, -0.2) is 46.0 Å². The van der Waals surface area contributed by atoms with Crippen molar-refractivity contribution in [3.05, 3.63) is 56.5 Å². The minimum absolute atomic E-state index is 0.154. The zero-order valence-electron chi connectivity index (χ0n) is 18.0. The highest BCUT2D eigenvalue weighted by atomic mass is 35.5. The number of aromatic nitrogens is 1. The monoisotopic (exact) mass is 493 g/mol. The van der Waals surface area contributed by atoms with E-state index < -0.39 is 6.10 Å². The van der Waals surface area contributed by atoms with Crippen LogP contribution in [0.2, 0.25) is 9.36 Å². The fraction of sp³-hybridized carbons (Fsp3) is 0.391. The van der Waals surface area contributed by atoms with Gasteiger partial charge >= 0.3 is 0 Å². The summed E-state index contributed by atoms with van der Waals surface area (Å²) in [6, 6.07) is 9.10. The van der Waals surface area contributed by atoms with E-state index in [2.05, 4.69) is 10.3 Å². The van der Waals surface area contributed by atoms with Crippen molar-refractivity contribution in [2.45, 2.75) is 44.9 Å². The first kappa shape index (κ1) is 23.1. The molecule has 3 N–H and O–H groups in total. The van der Waals surface area contributed by atoms with Gasteiger partial charge < -0.3 is 20.3 Å². The Morgan fingerprint density at radius 1 is 1.31 bits per heavy atom. The molecule has 0 bridgehead atoms. The summed E-state index contributed by atoms with van der Waals surface area (Å²) in [5.41, 5.74) is 3.56. The minimum Gasteiger partial charge on any atom is -0.383 e. The molecule has 1 aliphatic carbocycles. The van der Waals surface area contributed by atoms with Crippen LogP contribution in [-0.2, 0) is 22.4 Å². The van der Waals surface area contributed by atoms with Crippen molar-refractivity contribution in [3.63, 3.8) is 0 Å². The maximum atomic E-state index is 12.9. The van der Waals surface area contributed by atoms with Gasteiger partial charge in [0.1, 0.15) is 10.4 Å². The number of nitrogens with zero attached hydrogens (tertiary/aromatic N) is 1. The first-order valence-electron chi connectivity index (χ1n) is 10.4. The van der Waals surface area contributed by atoms with Gasteiger partial charge in [-0.05, 0) is 29.5 Å². The van der Waals surface area contributed by atoms with Crippen LogP contribution in [0.4, 0.5) is 0 Å². The quantitative estimate of drug-likeness (QED) is 0.477. The molecular weight excluding hydrogens is 469 g/mol. The number of thiophene rings is 1. The number of hydrogen-bond acceptors (Lipinski definition) is 4. The molecule has 2 aromatic heterocycles. The summed E-state index contributed by atoms with van der Waals surface area (Å²) in [6.07, 6.45) is -0.322. The van der Waals surface area contributed by atoms with E-state index in [1.165, 1.54) is 11.3 Å². The Morgan fingerprint density at radius 3 is 2.72 bits per heavy atom. The smallest absolute Gasteiger partial charge is 0.252 e. The van der Waals surface area contributed by atoms with Crippen LogP contribution >= 0.6 is 34.5 Å². The van der Waals surface area contributed by atoms with Gasteiger partial charge in [0.25, 0.3) is 5.91 Å². The third kappa shape index (κ3) is 4.27. The zero-order chi connectivity index (χ0) is 23.2. The van der Waals surface area contributed by atoms with E-state index >= 15 is 0 Å². The standard InChI is InChI=1S/C23H25Cl2N3O3S/c1-11(2)21(30)23(31)28(3)20-14-7-5-4-6-12(14)8-15(20)27-17(29)10-13-9-16-19(26-13)18(24)22(25)32-16/h4-7,9,11,15,20-21,26,30H,8,10H2,1-3H3,(H,27,29)/t15-,20-,21+/m1/s1. The Hall–Kier alpha value is -2.06. The normalized spacial score (nSPS) is 18.7. The van der Waals surface area contributed by atoms with Crippen LogP contribution in [0.25, 0.3) is 10.2 Å². The summed E-state index contributed by atoms with van der Waals surface area (Å²) in [6.45, 7) is 3.61. The summed E-state index contributed by atoms with van der Waals surface area (Å²) in [5, 5.41) is 13.9. The number of benzene rings is 1. The molecule has 3 aromatic rings. The van der Waals surface area contributed by atoms with Crippen LogP contribution in [0.5, 0.6) is 0 Å². The van der Waals surface area contributed by atoms with E-state index in [9.17, 15) is 14.7 Å². The molecule has 4 rings (SSSR count). The molecule has 0 fully saturated rings. The predicted octanol–water partition coefficient (Wildman–Crippen LogP) is 4.34. The third-order valence-electron chi connectivity index (χ3n) is 5.97. The van der Waals surface area contributed by atoms with E-state index in [4.69, 9.17) is 23.2 Å². The lowest BCUT2D eigenvalue weighted by molar-refractivity contribution is -0.144. The number of halogens is 2. The molecule has 0 unspecified atom stereocenters. The van der Waals surface area contributed by atoms with Crippen molar-refractivity contribution in [1.82, 2.24) is 15.2 Å². The topological polar surface area (TPSA) is 85.4 Å². The van der Waals surface area contributed by atoms with Crippen molar-refractivity contribution < 1.29 is 14.7 Å². The highest BCUT2D eigenvalue weighted by molar-refractivity contribution is 7.23. The van der Waals surface area contributed by atoms with Gasteiger partial charge in [-0.25, -0.2) is 0 Å². The molecule has 170 valence electrons. The Balaban J connectivity index is 1.52. The molecule has 3 atom stereocenters. The number of nitrogens with one attached hydrogen (secondary N) is 2. The van der Waals surface area contributed by atoms with Crippen molar-refractivity contribution >= 4 is 56.6 Å². The van der Waals surface area contributed by atoms with E-state index in [-0.39, 0.29) is 36.2 Å². The van der Waals surface area contributed by atoms with Gasteiger partial charge in [0.2, 0.25) is 5.91 Å². The second-order valence-corrected chi connectivity index (χ2v) is 10.6. The van der Waals surface area contributed by atoms with Gasteiger partial charge in [0.15, 0.2) is 0 Å². The average molecular weight is 494 g/mol. The molecule has 1 aliphatic rings. The van der Waals surface area contributed by atoms with Gasteiger partial charge in [-0.3, -0.25) is 9.59 Å². The molecule has 2 heterocycles. The number of fused-ring (bicyclic) bond motifs is 2. The summed E-state index contributed by atoms with van der Waals surface area (Å²) in [5.74, 6) is -0.706. The van der Waals surface area contributed by atoms with E-state index in [1.807, 2.05) is 30.3 Å². The van der Waals surface area contributed by atoms with E-state index in [0.29, 0.717) is 15.8 Å². The zero-order valence-corrected chi connectivity index (χ0v) is 20.3. The number of aromatic amines is 1. The number of aliphatic hydroxyl groups excluding tert-OH is 1. The number of amides is 2. The van der Waals surface area contributed by atoms with Crippen LogP contribution in [0.15, 0.2) is 30.3 Å². The molecule has 0 saturated carbocycles. The highest BCUT2D eigenvalue weighted by Gasteiger charge is 2.39. The molecule has 0 aliphatic heterocycles. The van der Waals surface area contributed by atoms with Crippen molar-refractivity contribution in [2.75, 3.05) is 7.05 Å². The van der Waals surface area contributed by atoms with E-state index in [1.54, 1.807) is 25.8 Å². The molecule has 32 heavy (non-hydrogen) atoms. The minimum atomic E-state index is -1.09. The van der Waals surface area contributed by atoms with Gasteiger partial charge in [-0.1, -0.05) is 61.3 Å². The molecular formula is C23H25Cl2N3O3S. The summed E-state index contributed by atoms with van der Waals surface area (Å²) in [7, 11) is 1.69. The number of hydrogen-bond donors (Lipinski definition) is 3. The van der Waals surface area contributed by atoms with E-state index in [0.717, 1.165) is 27.0 Å². The molecule has 1 aromatic carbocycles. The number of H-pyrrole nitrogens is 1. The number of carbonyl (C=O) groups excluding carboxylic acids is 2. The molecule has 0 spiro atoms. The number of aliphatic hydroxyl groups is 1. The van der Waals surface area contributed by atoms with Gasteiger partial charge in [0.05, 0.1) is 33.7 Å². The van der Waals surface area contributed by atoms with Gasteiger partial charge in [-0.15, -0.1) is 11.3 Å². The Kier molecular flexibility index (Phi) is 6.54. The van der Waals surface area contributed by atoms with Crippen molar-refractivity contribution in [2.24, 2.45) is 5.92 Å². The summed E-state index contributed by atoms with van der Waals surface area (Å²) in [4.78, 5) is 30.5. The number of carbonyl (C=O) groups is 2. The Labute approximate surface area is 200 Å². The Bertz CT molecular complexity index is 1170. The largest absolute Gasteiger partial charge is 0.383 e. The van der Waals surface area contributed by atoms with Crippen LogP contribution in [0.3, 0.4) is 0 Å². The molecule has 6 nitrogen and oxygen atoms in total. The fourth-order valence-corrected chi connectivity index (χ4v) is 5.82. The average Bonchev–Trinajstić information content (AvgIpc) is 3.38. The number of rotatable bonds is 6.